The zero-order chi connectivity index (χ0) is 51.3. The van der Waals surface area contributed by atoms with Crippen LogP contribution in [-0.2, 0) is 4.79 Å². The van der Waals surface area contributed by atoms with Crippen LogP contribution in [0.2, 0.25) is 0 Å². The third kappa shape index (κ3) is 59.4. The number of hydrogen-bond acceptors (Lipinski definition) is 3. The van der Waals surface area contributed by atoms with Crippen molar-refractivity contribution in [3.63, 3.8) is 0 Å². The number of rotatable bonds is 61. The van der Waals surface area contributed by atoms with Gasteiger partial charge in [-0.2, -0.15) is 0 Å². The lowest BCUT2D eigenvalue weighted by atomic mass is 10.0. The van der Waals surface area contributed by atoms with Crippen LogP contribution in [0.25, 0.3) is 0 Å². The maximum absolute atomic E-state index is 12.5. The molecule has 0 aromatic rings. The molecule has 71 heavy (non-hydrogen) atoms. The first-order valence-electron chi connectivity index (χ1n) is 32.7. The zero-order valence-electron chi connectivity index (χ0n) is 48.5. The predicted octanol–water partition coefficient (Wildman–Crippen LogP) is 22.0. The summed E-state index contributed by atoms with van der Waals surface area (Å²) in [6.45, 7) is 4.34. The third-order valence-corrected chi connectivity index (χ3v) is 15.4. The lowest BCUT2D eigenvalue weighted by Gasteiger charge is -2.19. The molecule has 4 nitrogen and oxygen atoms in total. The smallest absolute Gasteiger partial charge is 0.220 e. The molecule has 3 N–H and O–H groups in total. The summed E-state index contributed by atoms with van der Waals surface area (Å²) in [7, 11) is 0. The van der Waals surface area contributed by atoms with Gasteiger partial charge in [-0.3, -0.25) is 4.79 Å². The molecule has 0 heterocycles. The van der Waals surface area contributed by atoms with E-state index in [1.807, 2.05) is 6.08 Å². The highest BCUT2D eigenvalue weighted by Gasteiger charge is 2.18. The molecule has 2 unspecified atom stereocenters. The molecule has 0 aromatic heterocycles. The van der Waals surface area contributed by atoms with Gasteiger partial charge in [0.25, 0.3) is 0 Å². The fraction of sp³-hybridized carbons (Fsp3) is 0.896. The summed E-state index contributed by atoms with van der Waals surface area (Å²) >= 11 is 0. The highest BCUT2D eigenvalue weighted by molar-refractivity contribution is 5.76. The highest BCUT2D eigenvalue weighted by Crippen LogP contribution is 2.19. The molecule has 0 saturated carbocycles. The van der Waals surface area contributed by atoms with Crippen molar-refractivity contribution in [1.29, 1.82) is 0 Å². The number of aliphatic hydroxyl groups excluding tert-OH is 2. The summed E-state index contributed by atoms with van der Waals surface area (Å²) in [6, 6.07) is -0.645. The quantitative estimate of drug-likeness (QED) is 0.0420. The van der Waals surface area contributed by atoms with Crippen LogP contribution in [0.1, 0.15) is 367 Å². The first-order chi connectivity index (χ1) is 35.2. The molecule has 420 valence electrons. The Morgan fingerprint density at radius 2 is 0.549 bits per heavy atom. The van der Waals surface area contributed by atoms with Crippen LogP contribution >= 0.6 is 0 Å². The second-order valence-corrected chi connectivity index (χ2v) is 22.5. The minimum atomic E-state index is -0.870. The van der Waals surface area contributed by atoms with Crippen molar-refractivity contribution in [3.05, 3.63) is 36.5 Å². The molecule has 0 spiro atoms. The van der Waals surface area contributed by atoms with Crippen LogP contribution in [0.4, 0.5) is 0 Å². The molecule has 0 aliphatic carbocycles. The number of amides is 1. The second kappa shape index (κ2) is 62.9. The van der Waals surface area contributed by atoms with Gasteiger partial charge in [-0.1, -0.05) is 352 Å². The van der Waals surface area contributed by atoms with Crippen molar-refractivity contribution in [2.24, 2.45) is 0 Å². The SMILES string of the molecule is CCCCCCCCCCCCCCCCCCCCCCC/C=C/CC/C=C/CC/C=C/C(O)C(CO)NC(=O)CCCCCCCCCCCCCCCCCCCCCCCCCCCCCC. The van der Waals surface area contributed by atoms with Gasteiger partial charge in [0.2, 0.25) is 5.91 Å². The van der Waals surface area contributed by atoms with E-state index in [-0.39, 0.29) is 12.5 Å². The van der Waals surface area contributed by atoms with E-state index in [0.29, 0.717) is 6.42 Å². The van der Waals surface area contributed by atoms with Crippen molar-refractivity contribution < 1.29 is 15.0 Å². The lowest BCUT2D eigenvalue weighted by molar-refractivity contribution is -0.123. The van der Waals surface area contributed by atoms with Gasteiger partial charge in [-0.05, 0) is 44.9 Å². The van der Waals surface area contributed by atoms with Crippen LogP contribution in [0, 0.1) is 0 Å². The van der Waals surface area contributed by atoms with Gasteiger partial charge in [-0.25, -0.2) is 0 Å². The maximum atomic E-state index is 12.5. The third-order valence-electron chi connectivity index (χ3n) is 15.4. The van der Waals surface area contributed by atoms with Crippen molar-refractivity contribution in [2.75, 3.05) is 6.61 Å². The summed E-state index contributed by atoms with van der Waals surface area (Å²) in [5, 5.41) is 23.2. The summed E-state index contributed by atoms with van der Waals surface area (Å²) in [6.07, 6.45) is 86.5. The zero-order valence-corrected chi connectivity index (χ0v) is 48.5. The molecular weight excluding hydrogens is 867 g/mol. The van der Waals surface area contributed by atoms with Gasteiger partial charge < -0.3 is 15.5 Å². The Hall–Kier alpha value is -1.39. The molecule has 0 aromatic carbocycles. The normalized spacial score (nSPS) is 12.9. The molecule has 0 aliphatic heterocycles. The second-order valence-electron chi connectivity index (χ2n) is 22.5. The Labute approximate surface area is 446 Å². The van der Waals surface area contributed by atoms with E-state index in [1.54, 1.807) is 6.08 Å². The Bertz CT molecular complexity index is 1080. The van der Waals surface area contributed by atoms with Gasteiger partial charge in [0.15, 0.2) is 0 Å². The van der Waals surface area contributed by atoms with E-state index in [2.05, 4.69) is 43.5 Å². The average molecular weight is 997 g/mol. The van der Waals surface area contributed by atoms with Crippen molar-refractivity contribution in [1.82, 2.24) is 5.32 Å². The first kappa shape index (κ1) is 69.6. The summed E-state index contributed by atoms with van der Waals surface area (Å²) in [5.74, 6) is -0.0702. The molecule has 0 bridgehead atoms. The van der Waals surface area contributed by atoms with Gasteiger partial charge in [0.05, 0.1) is 18.8 Å². The predicted molar refractivity (Wildman–Crippen MR) is 318 cm³/mol. The highest BCUT2D eigenvalue weighted by atomic mass is 16.3. The Balaban J connectivity index is 3.48. The van der Waals surface area contributed by atoms with Crippen LogP contribution in [0.5, 0.6) is 0 Å². The van der Waals surface area contributed by atoms with Gasteiger partial charge in [0, 0.05) is 6.42 Å². The van der Waals surface area contributed by atoms with Crippen LogP contribution in [-0.4, -0.2) is 34.9 Å². The largest absolute Gasteiger partial charge is 0.394 e. The molecule has 0 fully saturated rings. The van der Waals surface area contributed by atoms with E-state index in [1.165, 1.54) is 308 Å². The van der Waals surface area contributed by atoms with E-state index in [4.69, 9.17) is 0 Å². The minimum absolute atomic E-state index is 0.0702. The molecular formula is C67H129NO3. The summed E-state index contributed by atoms with van der Waals surface area (Å²) < 4.78 is 0. The molecule has 0 rings (SSSR count). The fourth-order valence-electron chi connectivity index (χ4n) is 10.4. The Kier molecular flexibility index (Phi) is 61.7. The van der Waals surface area contributed by atoms with Crippen molar-refractivity contribution >= 4 is 5.91 Å². The number of unbranched alkanes of at least 4 members (excludes halogenated alkanes) is 50. The van der Waals surface area contributed by atoms with Crippen molar-refractivity contribution in [2.45, 2.75) is 379 Å². The number of carbonyl (C=O) groups excluding carboxylic acids is 1. The lowest BCUT2D eigenvalue weighted by Crippen LogP contribution is -2.45. The standard InChI is InChI=1S/C67H129NO3/c1-3-5-7-9-11-13-15-17-19-21-23-25-27-29-31-33-34-35-36-38-40-42-44-46-48-50-52-54-56-58-60-62-66(70)65(64-69)68-67(71)63-61-59-57-55-53-51-49-47-45-43-41-39-37-32-30-28-26-24-22-20-18-16-14-12-10-8-6-4-2/h44,46,52,54,60,62,65-66,69-70H,3-43,45,47-51,53,55-59,61,63-64H2,1-2H3,(H,68,71)/b46-44+,54-52+,62-60+. The number of allylic oxidation sites excluding steroid dienone is 5. The first-order valence-corrected chi connectivity index (χ1v) is 32.7. The molecule has 4 heteroatoms. The summed E-state index contributed by atoms with van der Waals surface area (Å²) in [5.41, 5.74) is 0. The van der Waals surface area contributed by atoms with E-state index in [0.717, 1.165) is 38.5 Å². The molecule has 1 amide bonds. The topological polar surface area (TPSA) is 69.6 Å². The van der Waals surface area contributed by atoms with Crippen molar-refractivity contribution in [3.8, 4) is 0 Å². The van der Waals surface area contributed by atoms with Gasteiger partial charge in [-0.15, -0.1) is 0 Å². The average Bonchev–Trinajstić information content (AvgIpc) is 3.37. The maximum Gasteiger partial charge on any atom is 0.220 e. The van der Waals surface area contributed by atoms with Crippen LogP contribution in [0.3, 0.4) is 0 Å². The van der Waals surface area contributed by atoms with Gasteiger partial charge in [0.1, 0.15) is 0 Å². The van der Waals surface area contributed by atoms with Gasteiger partial charge >= 0.3 is 0 Å². The fourth-order valence-corrected chi connectivity index (χ4v) is 10.4. The van der Waals surface area contributed by atoms with E-state index in [9.17, 15) is 15.0 Å². The van der Waals surface area contributed by atoms with E-state index >= 15 is 0 Å². The number of aliphatic hydroxyl groups is 2. The number of carbonyl (C=O) groups is 1. The Morgan fingerprint density at radius 3 is 0.817 bits per heavy atom. The van der Waals surface area contributed by atoms with E-state index < -0.39 is 12.1 Å². The Morgan fingerprint density at radius 1 is 0.324 bits per heavy atom. The number of hydrogen-bond donors (Lipinski definition) is 3. The molecule has 0 saturated heterocycles. The van der Waals surface area contributed by atoms with Crippen LogP contribution in [0.15, 0.2) is 36.5 Å². The summed E-state index contributed by atoms with van der Waals surface area (Å²) in [4.78, 5) is 12.5. The monoisotopic (exact) mass is 996 g/mol. The molecule has 2 atom stereocenters. The van der Waals surface area contributed by atoms with Crippen LogP contribution < -0.4 is 5.32 Å². The number of nitrogens with one attached hydrogen (secondary N) is 1. The minimum Gasteiger partial charge on any atom is -0.394 e. The molecule has 0 radical (unpaired) electrons. The molecule has 0 aliphatic rings.